The van der Waals surface area contributed by atoms with E-state index in [9.17, 15) is 5.26 Å². The van der Waals surface area contributed by atoms with Crippen LogP contribution in [0.15, 0.2) is 18.2 Å². The molecule has 104 valence electrons. The largest absolute Gasteiger partial charge is 0.368 e. The molecule has 1 aromatic carbocycles. The Bertz CT molecular complexity index is 550. The third-order valence-electron chi connectivity index (χ3n) is 3.73. The maximum absolute atomic E-state index is 9.23. The third kappa shape index (κ3) is 2.88. The number of hydrogen-bond donors (Lipinski definition) is 0. The van der Waals surface area contributed by atoms with Crippen LogP contribution in [0.5, 0.6) is 0 Å². The van der Waals surface area contributed by atoms with Crippen LogP contribution in [-0.4, -0.2) is 37.1 Å². The number of anilines is 1. The molecule has 4 nitrogen and oxygen atoms in total. The highest BCUT2D eigenvalue weighted by Gasteiger charge is 2.24. The van der Waals surface area contributed by atoms with Gasteiger partial charge in [0.25, 0.3) is 0 Å². The van der Waals surface area contributed by atoms with Crippen LogP contribution in [0.4, 0.5) is 5.69 Å². The summed E-state index contributed by atoms with van der Waals surface area (Å²) in [5.41, 5.74) is 1.43. The van der Waals surface area contributed by atoms with E-state index in [2.05, 4.69) is 21.9 Å². The average Bonchev–Trinajstić information content (AvgIpc) is 2.49. The molecule has 0 amide bonds. The lowest BCUT2D eigenvalue weighted by Gasteiger charge is -2.38. The van der Waals surface area contributed by atoms with E-state index in [-0.39, 0.29) is 6.04 Å². The molecule has 1 saturated heterocycles. The molecule has 20 heavy (non-hydrogen) atoms. The number of hydrogen-bond acceptors (Lipinski definition) is 4. The average molecular weight is 289 g/mol. The molecule has 0 aromatic heterocycles. The minimum atomic E-state index is -0.00746. The second kappa shape index (κ2) is 6.61. The molecule has 0 aliphatic carbocycles. The number of benzene rings is 1. The summed E-state index contributed by atoms with van der Waals surface area (Å²) in [5.74, 6) is 0. The molecule has 2 rings (SSSR count). The van der Waals surface area contributed by atoms with E-state index in [0.29, 0.717) is 10.6 Å². The van der Waals surface area contributed by atoms with E-state index < -0.39 is 0 Å². The minimum absolute atomic E-state index is 0.00746. The van der Waals surface area contributed by atoms with Crippen LogP contribution in [0.25, 0.3) is 0 Å². The van der Waals surface area contributed by atoms with E-state index in [1.807, 2.05) is 19.1 Å². The van der Waals surface area contributed by atoms with Gasteiger partial charge in [0, 0.05) is 26.2 Å². The van der Waals surface area contributed by atoms with Crippen molar-refractivity contribution in [2.45, 2.75) is 19.4 Å². The van der Waals surface area contributed by atoms with Crippen molar-refractivity contribution in [1.29, 1.82) is 10.5 Å². The predicted molar refractivity (Wildman–Crippen MR) is 79.6 cm³/mol. The van der Waals surface area contributed by atoms with E-state index in [1.54, 1.807) is 6.07 Å². The fourth-order valence-corrected chi connectivity index (χ4v) is 2.80. The lowest BCUT2D eigenvalue weighted by Crippen LogP contribution is -2.50. The SMILES string of the molecule is CCC(C#N)N1CCN(c2cccc(Cl)c2C#N)CC1. The summed E-state index contributed by atoms with van der Waals surface area (Å²) in [6, 6.07) is 10.1. The molecular weight excluding hydrogens is 272 g/mol. The molecule has 1 aliphatic heterocycles. The molecule has 0 saturated carbocycles. The highest BCUT2D eigenvalue weighted by Crippen LogP contribution is 2.27. The Morgan fingerprint density at radius 1 is 1.25 bits per heavy atom. The van der Waals surface area contributed by atoms with Crippen molar-refractivity contribution in [1.82, 2.24) is 4.90 Å². The standard InChI is InChI=1S/C15H17ClN4/c1-2-12(10-17)19-6-8-20(9-7-19)15-5-3-4-14(16)13(15)11-18/h3-5,12H,2,6-9H2,1H3. The van der Waals surface area contributed by atoms with Gasteiger partial charge in [0.1, 0.15) is 6.07 Å². The van der Waals surface area contributed by atoms with E-state index in [4.69, 9.17) is 16.9 Å². The lowest BCUT2D eigenvalue weighted by atomic mass is 10.1. The summed E-state index contributed by atoms with van der Waals surface area (Å²) in [4.78, 5) is 4.37. The number of piperazine rings is 1. The lowest BCUT2D eigenvalue weighted by molar-refractivity contribution is 0.216. The quantitative estimate of drug-likeness (QED) is 0.858. The summed E-state index contributed by atoms with van der Waals surface area (Å²) in [6.07, 6.45) is 0.844. The zero-order valence-electron chi connectivity index (χ0n) is 11.5. The zero-order valence-corrected chi connectivity index (χ0v) is 12.3. The van der Waals surface area contributed by atoms with Gasteiger partial charge in [-0.05, 0) is 18.6 Å². The normalized spacial score (nSPS) is 17.3. The topological polar surface area (TPSA) is 54.1 Å². The Morgan fingerprint density at radius 2 is 1.95 bits per heavy atom. The molecule has 0 N–H and O–H groups in total. The van der Waals surface area contributed by atoms with Gasteiger partial charge < -0.3 is 4.90 Å². The maximum atomic E-state index is 9.23. The van der Waals surface area contributed by atoms with E-state index >= 15 is 0 Å². The molecule has 5 heteroatoms. The summed E-state index contributed by atoms with van der Waals surface area (Å²) >= 11 is 6.07. The fourth-order valence-electron chi connectivity index (χ4n) is 2.59. The van der Waals surface area contributed by atoms with Crippen molar-refractivity contribution in [3.05, 3.63) is 28.8 Å². The summed E-state index contributed by atoms with van der Waals surface area (Å²) in [7, 11) is 0. The van der Waals surface area contributed by atoms with Crippen molar-refractivity contribution in [2.24, 2.45) is 0 Å². The van der Waals surface area contributed by atoms with Crippen LogP contribution < -0.4 is 4.90 Å². The molecule has 0 spiro atoms. The van der Waals surface area contributed by atoms with E-state index in [1.165, 1.54) is 0 Å². The fraction of sp³-hybridized carbons (Fsp3) is 0.467. The minimum Gasteiger partial charge on any atom is -0.368 e. The molecule has 1 unspecified atom stereocenters. The van der Waals surface area contributed by atoms with Crippen molar-refractivity contribution in [2.75, 3.05) is 31.1 Å². The van der Waals surface area contributed by atoms with Gasteiger partial charge in [0.15, 0.2) is 0 Å². The summed E-state index contributed by atoms with van der Waals surface area (Å²) in [6.45, 7) is 5.33. The van der Waals surface area contributed by atoms with Gasteiger partial charge in [-0.1, -0.05) is 24.6 Å². The van der Waals surface area contributed by atoms with Gasteiger partial charge in [-0.15, -0.1) is 0 Å². The van der Waals surface area contributed by atoms with Crippen molar-refractivity contribution in [3.8, 4) is 12.1 Å². The van der Waals surface area contributed by atoms with Crippen LogP contribution in [0, 0.1) is 22.7 Å². The Morgan fingerprint density at radius 3 is 2.50 bits per heavy atom. The number of rotatable bonds is 3. The van der Waals surface area contributed by atoms with Crippen LogP contribution in [0.3, 0.4) is 0 Å². The molecule has 1 atom stereocenters. The predicted octanol–water partition coefficient (Wildman–Crippen LogP) is 2.64. The van der Waals surface area contributed by atoms with Crippen LogP contribution >= 0.6 is 11.6 Å². The van der Waals surface area contributed by atoms with Crippen molar-refractivity contribution in [3.63, 3.8) is 0 Å². The summed E-state index contributed by atoms with van der Waals surface area (Å²) in [5, 5.41) is 18.8. The molecule has 0 bridgehead atoms. The number of nitrogens with zero attached hydrogens (tertiary/aromatic N) is 4. The van der Waals surface area contributed by atoms with Crippen molar-refractivity contribution < 1.29 is 0 Å². The van der Waals surface area contributed by atoms with Gasteiger partial charge in [-0.2, -0.15) is 10.5 Å². The molecular formula is C15H17ClN4. The molecule has 1 heterocycles. The first-order valence-corrected chi connectivity index (χ1v) is 7.16. The molecule has 1 fully saturated rings. The molecule has 1 aliphatic rings. The second-order valence-corrected chi connectivity index (χ2v) is 5.23. The summed E-state index contributed by atoms with van der Waals surface area (Å²) < 4.78 is 0. The maximum Gasteiger partial charge on any atom is 0.103 e. The third-order valence-corrected chi connectivity index (χ3v) is 4.05. The van der Waals surface area contributed by atoms with Gasteiger partial charge in [-0.3, -0.25) is 4.90 Å². The Hall–Kier alpha value is -1.75. The van der Waals surface area contributed by atoms with Gasteiger partial charge in [0.05, 0.1) is 28.4 Å². The van der Waals surface area contributed by atoms with Gasteiger partial charge >= 0.3 is 0 Å². The van der Waals surface area contributed by atoms with Crippen LogP contribution in [0.2, 0.25) is 5.02 Å². The first kappa shape index (κ1) is 14.7. The van der Waals surface area contributed by atoms with Crippen LogP contribution in [-0.2, 0) is 0 Å². The first-order valence-electron chi connectivity index (χ1n) is 6.78. The van der Waals surface area contributed by atoms with Gasteiger partial charge in [-0.25, -0.2) is 0 Å². The van der Waals surface area contributed by atoms with E-state index in [0.717, 1.165) is 38.3 Å². The number of halogens is 1. The van der Waals surface area contributed by atoms with Gasteiger partial charge in [0.2, 0.25) is 0 Å². The van der Waals surface area contributed by atoms with Crippen LogP contribution in [0.1, 0.15) is 18.9 Å². The van der Waals surface area contributed by atoms with Crippen molar-refractivity contribution >= 4 is 17.3 Å². The first-order chi connectivity index (χ1) is 9.71. The Balaban J connectivity index is 2.11. The smallest absolute Gasteiger partial charge is 0.103 e. The second-order valence-electron chi connectivity index (χ2n) is 4.82. The number of nitriles is 2. The molecule has 1 aromatic rings. The Kier molecular flexibility index (Phi) is 4.84. The monoisotopic (exact) mass is 288 g/mol. The zero-order chi connectivity index (χ0) is 14.5. The highest BCUT2D eigenvalue weighted by molar-refractivity contribution is 6.32. The Labute approximate surface area is 124 Å². The highest BCUT2D eigenvalue weighted by atomic mass is 35.5. The molecule has 0 radical (unpaired) electrons.